The number of carboxylic acids is 1. The summed E-state index contributed by atoms with van der Waals surface area (Å²) < 4.78 is 0.670. The van der Waals surface area contributed by atoms with Crippen LogP contribution in [0, 0.1) is 5.41 Å². The van der Waals surface area contributed by atoms with Crippen LogP contribution in [0.25, 0.3) is 9.88 Å². The van der Waals surface area contributed by atoms with Gasteiger partial charge in [-0.25, -0.2) is 4.98 Å². The predicted molar refractivity (Wildman–Crippen MR) is 82.1 cm³/mol. The molecule has 1 aliphatic carbocycles. The van der Waals surface area contributed by atoms with Crippen molar-refractivity contribution in [2.24, 2.45) is 5.41 Å². The number of amides is 1. The normalized spacial score (nSPS) is 15.7. The van der Waals surface area contributed by atoms with E-state index in [4.69, 9.17) is 16.7 Å². The van der Waals surface area contributed by atoms with Crippen LogP contribution < -0.4 is 5.32 Å². The van der Waals surface area contributed by atoms with Gasteiger partial charge >= 0.3 is 5.97 Å². The number of carbonyl (C=O) groups is 2. The second-order valence-corrected chi connectivity index (χ2v) is 7.48. The third-order valence-electron chi connectivity index (χ3n) is 3.42. The minimum atomic E-state index is -0.852. The van der Waals surface area contributed by atoms with Gasteiger partial charge in [0, 0.05) is 11.9 Å². The van der Waals surface area contributed by atoms with Crippen molar-refractivity contribution in [3.05, 3.63) is 27.5 Å². The number of carboxylic acid groups (broad SMARTS) is 1. The van der Waals surface area contributed by atoms with Crippen molar-refractivity contribution in [1.29, 1.82) is 0 Å². The van der Waals surface area contributed by atoms with E-state index in [1.54, 1.807) is 11.4 Å². The highest BCUT2D eigenvalue weighted by molar-refractivity contribution is 7.23. The Bertz CT molecular complexity index is 706. The molecule has 5 nitrogen and oxygen atoms in total. The van der Waals surface area contributed by atoms with E-state index in [-0.39, 0.29) is 12.5 Å². The van der Waals surface area contributed by atoms with Gasteiger partial charge in [-0.3, -0.25) is 9.59 Å². The zero-order valence-electron chi connectivity index (χ0n) is 10.8. The van der Waals surface area contributed by atoms with Crippen molar-refractivity contribution in [2.75, 3.05) is 6.54 Å². The Balaban J connectivity index is 1.66. The Labute approximate surface area is 133 Å². The van der Waals surface area contributed by atoms with Crippen molar-refractivity contribution < 1.29 is 14.7 Å². The summed E-state index contributed by atoms with van der Waals surface area (Å²) in [5.74, 6) is -1.19. The first-order valence-electron chi connectivity index (χ1n) is 6.23. The average molecular weight is 343 g/mol. The van der Waals surface area contributed by atoms with E-state index in [0.717, 1.165) is 9.88 Å². The smallest absolute Gasteiger partial charge is 0.311 e. The SMILES string of the molecule is O=C(NCC1(C(=O)O)CC1)c1csc(-c2ccc(Cl)s2)n1. The van der Waals surface area contributed by atoms with Gasteiger partial charge < -0.3 is 10.4 Å². The number of rotatable bonds is 5. The number of aliphatic carboxylic acids is 1. The Morgan fingerprint density at radius 2 is 2.19 bits per heavy atom. The van der Waals surface area contributed by atoms with Crippen molar-refractivity contribution in [3.8, 4) is 9.88 Å². The number of nitrogens with one attached hydrogen (secondary N) is 1. The van der Waals surface area contributed by atoms with Crippen LogP contribution in [0.3, 0.4) is 0 Å². The number of hydrogen-bond acceptors (Lipinski definition) is 5. The van der Waals surface area contributed by atoms with Crippen LogP contribution in [-0.2, 0) is 4.79 Å². The Hall–Kier alpha value is -1.44. The Kier molecular flexibility index (Phi) is 3.73. The van der Waals surface area contributed by atoms with E-state index in [1.807, 2.05) is 6.07 Å². The molecule has 110 valence electrons. The first kappa shape index (κ1) is 14.5. The van der Waals surface area contributed by atoms with E-state index in [0.29, 0.717) is 22.9 Å². The van der Waals surface area contributed by atoms with Crippen LogP contribution in [0.2, 0.25) is 4.34 Å². The second-order valence-electron chi connectivity index (χ2n) is 4.91. The molecule has 21 heavy (non-hydrogen) atoms. The van der Waals surface area contributed by atoms with Crippen LogP contribution in [-0.4, -0.2) is 28.5 Å². The fourth-order valence-electron chi connectivity index (χ4n) is 1.88. The standard InChI is InChI=1S/C13H11ClN2O3S2/c14-9-2-1-8(21-9)11-16-7(5-20-11)10(17)15-6-13(3-4-13)12(18)19/h1-2,5H,3-4,6H2,(H,15,17)(H,18,19). The molecule has 0 aliphatic heterocycles. The summed E-state index contributed by atoms with van der Waals surface area (Å²) in [5.41, 5.74) is -0.462. The first-order chi connectivity index (χ1) is 10.00. The molecule has 2 aromatic heterocycles. The number of hydrogen-bond donors (Lipinski definition) is 2. The third-order valence-corrected chi connectivity index (χ3v) is 5.66. The van der Waals surface area contributed by atoms with Gasteiger partial charge in [-0.15, -0.1) is 22.7 Å². The van der Waals surface area contributed by atoms with Crippen molar-refractivity contribution in [1.82, 2.24) is 10.3 Å². The van der Waals surface area contributed by atoms with Gasteiger partial charge in [-0.05, 0) is 25.0 Å². The zero-order chi connectivity index (χ0) is 15.0. The minimum Gasteiger partial charge on any atom is -0.481 e. The van der Waals surface area contributed by atoms with Gasteiger partial charge in [0.15, 0.2) is 0 Å². The lowest BCUT2D eigenvalue weighted by molar-refractivity contribution is -0.143. The summed E-state index contributed by atoms with van der Waals surface area (Å²) in [5, 5.41) is 14.1. The molecular formula is C13H11ClN2O3S2. The molecule has 1 fully saturated rings. The molecule has 1 aliphatic rings. The highest BCUT2D eigenvalue weighted by Gasteiger charge is 2.50. The number of thiazole rings is 1. The van der Waals surface area contributed by atoms with Gasteiger partial charge in [0.1, 0.15) is 10.7 Å². The molecule has 0 unspecified atom stereocenters. The number of carbonyl (C=O) groups excluding carboxylic acids is 1. The van der Waals surface area contributed by atoms with Crippen LogP contribution in [0.1, 0.15) is 23.3 Å². The number of nitrogens with zero attached hydrogens (tertiary/aromatic N) is 1. The van der Waals surface area contributed by atoms with Gasteiger partial charge in [-0.1, -0.05) is 11.6 Å². The predicted octanol–water partition coefficient (Wildman–Crippen LogP) is 3.12. The van der Waals surface area contributed by atoms with Gasteiger partial charge in [0.25, 0.3) is 5.91 Å². The number of thiophene rings is 1. The highest BCUT2D eigenvalue weighted by Crippen LogP contribution is 2.45. The topological polar surface area (TPSA) is 79.3 Å². The van der Waals surface area contributed by atoms with Crippen LogP contribution >= 0.6 is 34.3 Å². The molecule has 0 radical (unpaired) electrons. The van der Waals surface area contributed by atoms with Crippen molar-refractivity contribution >= 4 is 46.2 Å². The van der Waals surface area contributed by atoms with E-state index in [2.05, 4.69) is 10.3 Å². The molecule has 2 aromatic rings. The van der Waals surface area contributed by atoms with Crippen LogP contribution in [0.5, 0.6) is 0 Å². The molecule has 1 amide bonds. The fourth-order valence-corrected chi connectivity index (χ4v) is 3.79. The van der Waals surface area contributed by atoms with Gasteiger partial charge in [-0.2, -0.15) is 0 Å². The lowest BCUT2D eigenvalue weighted by Crippen LogP contribution is -2.34. The summed E-state index contributed by atoms with van der Waals surface area (Å²) in [6.45, 7) is 0.152. The summed E-state index contributed by atoms with van der Waals surface area (Å²) in [6, 6.07) is 3.64. The first-order valence-corrected chi connectivity index (χ1v) is 8.30. The van der Waals surface area contributed by atoms with Crippen LogP contribution in [0.4, 0.5) is 0 Å². The largest absolute Gasteiger partial charge is 0.481 e. The molecule has 2 N–H and O–H groups in total. The fraction of sp³-hybridized carbons (Fsp3) is 0.308. The summed E-state index contributed by atoms with van der Waals surface area (Å²) >= 11 is 8.64. The average Bonchev–Trinajstić information content (AvgIpc) is 2.88. The van der Waals surface area contributed by atoms with E-state index in [9.17, 15) is 9.59 Å². The van der Waals surface area contributed by atoms with E-state index >= 15 is 0 Å². The maximum atomic E-state index is 12.0. The molecule has 1 saturated carbocycles. The molecule has 0 bridgehead atoms. The highest BCUT2D eigenvalue weighted by atomic mass is 35.5. The monoisotopic (exact) mass is 342 g/mol. The molecule has 0 saturated heterocycles. The summed E-state index contributed by atoms with van der Waals surface area (Å²) in [4.78, 5) is 28.2. The number of aromatic nitrogens is 1. The van der Waals surface area contributed by atoms with E-state index < -0.39 is 11.4 Å². The van der Waals surface area contributed by atoms with Crippen molar-refractivity contribution in [3.63, 3.8) is 0 Å². The maximum Gasteiger partial charge on any atom is 0.311 e. The quantitative estimate of drug-likeness (QED) is 0.875. The Morgan fingerprint density at radius 1 is 1.43 bits per heavy atom. The minimum absolute atomic E-state index is 0.152. The summed E-state index contributed by atoms with van der Waals surface area (Å²) in [6.07, 6.45) is 1.22. The van der Waals surface area contributed by atoms with Gasteiger partial charge in [0.05, 0.1) is 14.6 Å². The third kappa shape index (κ3) is 2.95. The number of halogens is 1. The summed E-state index contributed by atoms with van der Waals surface area (Å²) in [7, 11) is 0. The lowest BCUT2D eigenvalue weighted by atomic mass is 10.1. The van der Waals surface area contributed by atoms with Crippen LogP contribution in [0.15, 0.2) is 17.5 Å². The van der Waals surface area contributed by atoms with Crippen molar-refractivity contribution in [2.45, 2.75) is 12.8 Å². The lowest BCUT2D eigenvalue weighted by Gasteiger charge is -2.09. The molecule has 8 heteroatoms. The molecule has 3 rings (SSSR count). The second kappa shape index (κ2) is 5.40. The maximum absolute atomic E-state index is 12.0. The molecule has 2 heterocycles. The van der Waals surface area contributed by atoms with E-state index in [1.165, 1.54) is 22.7 Å². The van der Waals surface area contributed by atoms with Gasteiger partial charge in [0.2, 0.25) is 0 Å². The Morgan fingerprint density at radius 3 is 2.76 bits per heavy atom. The molecule has 0 aromatic carbocycles. The molecular weight excluding hydrogens is 332 g/mol. The zero-order valence-corrected chi connectivity index (χ0v) is 13.1. The molecule has 0 atom stereocenters. The molecule has 0 spiro atoms.